The first kappa shape index (κ1) is 24.9. The van der Waals surface area contributed by atoms with Gasteiger partial charge in [-0.2, -0.15) is 0 Å². The highest BCUT2D eigenvalue weighted by Crippen LogP contribution is 2.30. The second-order valence-corrected chi connectivity index (χ2v) is 9.47. The fraction of sp³-hybridized carbons (Fsp3) is 0.407. The zero-order valence-electron chi connectivity index (χ0n) is 21.8. The number of pyridine rings is 1. The van der Waals surface area contributed by atoms with Crippen LogP contribution in [0.4, 0.5) is 5.69 Å². The quantitative estimate of drug-likeness (QED) is 0.392. The molecule has 4 aromatic rings. The number of ether oxygens (including phenoxy) is 2. The minimum absolute atomic E-state index is 0.124. The number of benzene rings is 2. The Morgan fingerprint density at radius 2 is 1.78 bits per heavy atom. The first-order valence-corrected chi connectivity index (χ1v) is 12.5. The van der Waals surface area contributed by atoms with Gasteiger partial charge in [-0.3, -0.25) is 9.69 Å². The van der Waals surface area contributed by atoms with Crippen molar-refractivity contribution in [3.63, 3.8) is 0 Å². The molecule has 0 radical (unpaired) electrons. The van der Waals surface area contributed by atoms with Crippen molar-refractivity contribution in [1.29, 1.82) is 0 Å². The molecule has 1 fully saturated rings. The largest absolute Gasteiger partial charge is 0.497 e. The molecule has 194 valence electrons. The first-order chi connectivity index (χ1) is 18.0. The van der Waals surface area contributed by atoms with Crippen LogP contribution in [0.15, 0.2) is 47.3 Å². The van der Waals surface area contributed by atoms with E-state index in [9.17, 15) is 4.79 Å². The Morgan fingerprint density at radius 1 is 1.03 bits per heavy atom. The highest BCUT2D eigenvalue weighted by molar-refractivity contribution is 5.83. The van der Waals surface area contributed by atoms with Crippen LogP contribution in [0.3, 0.4) is 0 Å². The fourth-order valence-electron chi connectivity index (χ4n) is 5.17. The molecule has 1 aliphatic heterocycles. The third-order valence-corrected chi connectivity index (χ3v) is 7.06. The van der Waals surface area contributed by atoms with Crippen molar-refractivity contribution in [2.45, 2.75) is 26.4 Å². The highest BCUT2D eigenvalue weighted by atomic mass is 16.5. The molecule has 37 heavy (non-hydrogen) atoms. The molecule has 0 aliphatic carbocycles. The molecular weight excluding hydrogens is 470 g/mol. The van der Waals surface area contributed by atoms with Crippen molar-refractivity contribution in [1.82, 2.24) is 30.1 Å². The van der Waals surface area contributed by atoms with Gasteiger partial charge >= 0.3 is 0 Å². The predicted molar refractivity (Wildman–Crippen MR) is 142 cm³/mol. The highest BCUT2D eigenvalue weighted by Gasteiger charge is 2.33. The number of hydrogen-bond acceptors (Lipinski definition) is 8. The summed E-state index contributed by atoms with van der Waals surface area (Å²) in [6.45, 7) is 8.21. The Morgan fingerprint density at radius 3 is 2.49 bits per heavy atom. The van der Waals surface area contributed by atoms with Crippen molar-refractivity contribution in [2.24, 2.45) is 0 Å². The molecule has 1 saturated heterocycles. The number of tetrazole rings is 1. The van der Waals surface area contributed by atoms with Gasteiger partial charge in [0.1, 0.15) is 11.8 Å². The smallest absolute Gasteiger partial charge is 0.253 e. The van der Waals surface area contributed by atoms with Crippen molar-refractivity contribution in [2.75, 3.05) is 51.9 Å². The Kier molecular flexibility index (Phi) is 7.20. The molecule has 10 heteroatoms. The van der Waals surface area contributed by atoms with Crippen LogP contribution in [0.25, 0.3) is 10.9 Å². The van der Waals surface area contributed by atoms with E-state index in [2.05, 4.69) is 55.4 Å². The summed E-state index contributed by atoms with van der Waals surface area (Å²) in [6.07, 6.45) is 0. The van der Waals surface area contributed by atoms with E-state index < -0.39 is 6.04 Å². The van der Waals surface area contributed by atoms with E-state index in [-0.39, 0.29) is 5.56 Å². The maximum Gasteiger partial charge on any atom is 0.253 e. The molecule has 2 aromatic carbocycles. The van der Waals surface area contributed by atoms with Crippen LogP contribution >= 0.6 is 0 Å². The average Bonchev–Trinajstić information content (AvgIpc) is 3.36. The van der Waals surface area contributed by atoms with E-state index in [0.717, 1.165) is 59.6 Å². The zero-order chi connectivity index (χ0) is 25.9. The minimum Gasteiger partial charge on any atom is -0.497 e. The summed E-state index contributed by atoms with van der Waals surface area (Å²) < 4.78 is 12.3. The SMILES string of the molecule is COCCn1nnnc1[C@H](c1cc2c(C)cc(C)cc2[nH]c1=O)N1CCN(c2ccc(OC)cc2)CC1. The fourth-order valence-corrected chi connectivity index (χ4v) is 5.17. The lowest BCUT2D eigenvalue weighted by Crippen LogP contribution is -2.49. The second-order valence-electron chi connectivity index (χ2n) is 9.47. The molecule has 0 bridgehead atoms. The number of H-pyrrole nitrogens is 1. The van der Waals surface area contributed by atoms with E-state index in [1.807, 2.05) is 31.2 Å². The Labute approximate surface area is 215 Å². The summed E-state index contributed by atoms with van der Waals surface area (Å²) in [5, 5.41) is 13.6. The van der Waals surface area contributed by atoms with E-state index in [1.54, 1.807) is 18.9 Å². The summed E-state index contributed by atoms with van der Waals surface area (Å²) in [6, 6.07) is 13.9. The van der Waals surface area contributed by atoms with E-state index in [4.69, 9.17) is 9.47 Å². The molecule has 5 rings (SSSR count). The van der Waals surface area contributed by atoms with Crippen LogP contribution in [-0.2, 0) is 11.3 Å². The maximum absolute atomic E-state index is 13.5. The molecule has 0 saturated carbocycles. The number of piperazine rings is 1. The van der Waals surface area contributed by atoms with Gasteiger partial charge in [0.2, 0.25) is 0 Å². The lowest BCUT2D eigenvalue weighted by molar-refractivity contribution is 0.171. The van der Waals surface area contributed by atoms with Crippen LogP contribution in [0.5, 0.6) is 5.75 Å². The molecule has 1 N–H and O–H groups in total. The second kappa shape index (κ2) is 10.7. The molecule has 0 amide bonds. The van der Waals surface area contributed by atoms with Crippen LogP contribution in [-0.4, -0.2) is 77.1 Å². The third kappa shape index (κ3) is 5.07. The number of aromatic nitrogens is 5. The monoisotopic (exact) mass is 503 g/mol. The Bertz CT molecular complexity index is 1420. The van der Waals surface area contributed by atoms with Crippen LogP contribution in [0.2, 0.25) is 0 Å². The molecule has 10 nitrogen and oxygen atoms in total. The molecule has 0 unspecified atom stereocenters. The molecule has 1 atom stereocenters. The number of fused-ring (bicyclic) bond motifs is 1. The molecule has 2 aromatic heterocycles. The van der Waals surface area contributed by atoms with Gasteiger partial charge in [0.05, 0.1) is 20.3 Å². The number of hydrogen-bond donors (Lipinski definition) is 1. The van der Waals surface area contributed by atoms with Crippen molar-refractivity contribution in [3.05, 3.63) is 75.3 Å². The minimum atomic E-state index is -0.390. The maximum atomic E-state index is 13.5. The van der Waals surface area contributed by atoms with Gasteiger partial charge in [0, 0.05) is 55.4 Å². The zero-order valence-corrected chi connectivity index (χ0v) is 21.8. The Hall–Kier alpha value is -3.76. The van der Waals surface area contributed by atoms with Gasteiger partial charge in [-0.25, -0.2) is 4.68 Å². The van der Waals surface area contributed by atoms with E-state index in [1.165, 1.54) is 0 Å². The van der Waals surface area contributed by atoms with Crippen LogP contribution in [0.1, 0.15) is 28.6 Å². The molecule has 0 spiro atoms. The summed E-state index contributed by atoms with van der Waals surface area (Å²) >= 11 is 0. The first-order valence-electron chi connectivity index (χ1n) is 12.5. The predicted octanol–water partition coefficient (Wildman–Crippen LogP) is 2.70. The Balaban J connectivity index is 1.51. The number of anilines is 1. The van der Waals surface area contributed by atoms with E-state index >= 15 is 0 Å². The van der Waals surface area contributed by atoms with Gasteiger partial charge in [-0.1, -0.05) is 6.07 Å². The lowest BCUT2D eigenvalue weighted by atomic mass is 9.99. The number of rotatable bonds is 8. The van der Waals surface area contributed by atoms with Crippen molar-refractivity contribution >= 4 is 16.6 Å². The van der Waals surface area contributed by atoms with Gasteiger partial charge < -0.3 is 19.4 Å². The lowest BCUT2D eigenvalue weighted by Gasteiger charge is -2.39. The summed E-state index contributed by atoms with van der Waals surface area (Å²) in [4.78, 5) is 21.3. The van der Waals surface area contributed by atoms with Gasteiger partial charge in [-0.05, 0) is 71.8 Å². The topological polar surface area (TPSA) is 101 Å². The van der Waals surface area contributed by atoms with Crippen molar-refractivity contribution < 1.29 is 9.47 Å². The van der Waals surface area contributed by atoms with Gasteiger partial charge in [0.15, 0.2) is 5.82 Å². The van der Waals surface area contributed by atoms with Crippen LogP contribution < -0.4 is 15.2 Å². The normalized spacial score (nSPS) is 15.3. The number of methoxy groups -OCH3 is 2. The number of nitrogens with one attached hydrogen (secondary N) is 1. The average molecular weight is 504 g/mol. The standard InChI is InChI=1S/C27H33N7O3/c1-18-15-19(2)22-17-23(27(35)28-24(22)16-18)25(26-29-30-31-34(26)13-14-36-3)33-11-9-32(10-12-33)20-5-7-21(37-4)8-6-20/h5-8,15-17,25H,9-14H2,1-4H3,(H,28,35)/t25-/m0/s1. The summed E-state index contributed by atoms with van der Waals surface area (Å²) in [5.74, 6) is 1.48. The molecule has 3 heterocycles. The van der Waals surface area contributed by atoms with Crippen molar-refractivity contribution in [3.8, 4) is 5.75 Å². The van der Waals surface area contributed by atoms with Gasteiger partial charge in [-0.15, -0.1) is 5.10 Å². The summed E-state index contributed by atoms with van der Waals surface area (Å²) in [5.41, 5.74) is 4.75. The number of nitrogens with zero attached hydrogens (tertiary/aromatic N) is 6. The van der Waals surface area contributed by atoms with Crippen LogP contribution in [0, 0.1) is 13.8 Å². The van der Waals surface area contributed by atoms with Gasteiger partial charge in [0.25, 0.3) is 5.56 Å². The number of aromatic amines is 1. The third-order valence-electron chi connectivity index (χ3n) is 7.06. The molecule has 1 aliphatic rings. The molecular formula is C27H33N7O3. The number of aryl methyl sites for hydroxylation is 2. The van der Waals surface area contributed by atoms with E-state index in [0.29, 0.717) is 24.5 Å². The summed E-state index contributed by atoms with van der Waals surface area (Å²) in [7, 11) is 3.32.